The van der Waals surface area contributed by atoms with Crippen LogP contribution in [0.2, 0.25) is 0 Å². The Balaban J connectivity index is 1.24. The van der Waals surface area contributed by atoms with Gasteiger partial charge < -0.3 is 24.7 Å². The molecule has 56 heavy (non-hydrogen) atoms. The number of nitrogens with one attached hydrogen (secondary N) is 3. The Morgan fingerprint density at radius 3 is 2.64 bits per heavy atom. The van der Waals surface area contributed by atoms with Gasteiger partial charge in [0.15, 0.2) is 5.76 Å². The third-order valence-corrected chi connectivity index (χ3v) is 13.0. The monoisotopic (exact) mass is 787 g/mol. The van der Waals surface area contributed by atoms with Crippen molar-refractivity contribution in [1.29, 1.82) is 0 Å². The van der Waals surface area contributed by atoms with Gasteiger partial charge in [-0.15, -0.1) is 0 Å². The third-order valence-electron chi connectivity index (χ3n) is 11.2. The molecule has 4 amide bonds. The third kappa shape index (κ3) is 7.73. The van der Waals surface area contributed by atoms with Crippen molar-refractivity contribution < 1.29 is 41.1 Å². The number of carbonyl (C=O) groups is 4. The number of benzene rings is 2. The minimum Gasteiger partial charge on any atom is -0.472 e. The number of sulfonamides is 1. The Hall–Kier alpha value is -5.31. The van der Waals surface area contributed by atoms with Gasteiger partial charge in [-0.1, -0.05) is 62.2 Å². The largest absolute Gasteiger partial charge is 0.472 e. The van der Waals surface area contributed by atoms with E-state index in [4.69, 9.17) is 9.15 Å². The predicted octanol–water partition coefficient (Wildman–Crippen LogP) is 5.22. The molecule has 13 nitrogen and oxygen atoms in total. The summed E-state index contributed by atoms with van der Waals surface area (Å²) in [5.74, 6) is -3.18. The van der Waals surface area contributed by atoms with Crippen LogP contribution in [-0.2, 0) is 24.4 Å². The molecule has 296 valence electrons. The molecule has 2 aromatic heterocycles. The number of rotatable bonds is 8. The normalized spacial score (nSPS) is 25.6. The number of carbonyl (C=O) groups excluding carboxylic acids is 4. The van der Waals surface area contributed by atoms with E-state index < -0.39 is 74.4 Å². The molecule has 4 heterocycles. The van der Waals surface area contributed by atoms with Gasteiger partial charge in [0.2, 0.25) is 27.7 Å². The maximum absolute atomic E-state index is 15.5. The van der Waals surface area contributed by atoms with Crippen LogP contribution >= 0.6 is 0 Å². The van der Waals surface area contributed by atoms with E-state index >= 15 is 4.39 Å². The fraction of sp³-hybridized carbons (Fsp3) is 0.439. The molecule has 1 saturated carbocycles. The summed E-state index contributed by atoms with van der Waals surface area (Å²) in [4.78, 5) is 62.3. The number of aromatic nitrogens is 1. The van der Waals surface area contributed by atoms with Crippen molar-refractivity contribution in [2.24, 2.45) is 5.92 Å². The lowest BCUT2D eigenvalue weighted by molar-refractivity contribution is -0.141. The van der Waals surface area contributed by atoms with Crippen molar-refractivity contribution in [2.75, 3.05) is 6.54 Å². The van der Waals surface area contributed by atoms with Crippen molar-refractivity contribution in [2.45, 2.75) is 101 Å². The molecule has 1 aliphatic carbocycles. The molecule has 2 fully saturated rings. The smallest absolute Gasteiger partial charge is 0.287 e. The Labute approximate surface area is 324 Å². The van der Waals surface area contributed by atoms with Crippen molar-refractivity contribution >= 4 is 55.3 Å². The highest BCUT2D eigenvalue weighted by atomic mass is 32.2. The second-order valence-electron chi connectivity index (χ2n) is 15.0. The number of fused-ring (bicyclic) bond motifs is 5. The molecule has 4 aromatic rings. The molecule has 1 saturated heterocycles. The molecular weight excluding hydrogens is 742 g/mol. The SMILES string of the molecule is CCC(C)S(=O)(=O)NC(=O)[C@@]12C[C@H]1/C=C\CCCCC[C@H](NC(=O)c1ccc(C)o1)C(=O)N1C[C@H](Oc3nc4ccccc4c4cccc(F)c34)C[C@H]1C(=O)N2. The zero-order valence-corrected chi connectivity index (χ0v) is 32.4. The maximum Gasteiger partial charge on any atom is 0.287 e. The topological polar surface area (TPSA) is 177 Å². The van der Waals surface area contributed by atoms with E-state index in [-0.39, 0.29) is 49.3 Å². The molecule has 3 aliphatic rings. The van der Waals surface area contributed by atoms with Gasteiger partial charge in [-0.3, -0.25) is 23.9 Å². The van der Waals surface area contributed by atoms with Crippen LogP contribution in [0.5, 0.6) is 5.88 Å². The van der Waals surface area contributed by atoms with Crippen LogP contribution in [0.4, 0.5) is 4.39 Å². The molecule has 6 atom stereocenters. The lowest BCUT2D eigenvalue weighted by Gasteiger charge is -2.30. The number of halogens is 1. The minimum absolute atomic E-state index is 0.00562. The molecular formula is C41H46FN5O8S. The molecule has 0 bridgehead atoms. The van der Waals surface area contributed by atoms with Gasteiger partial charge in [-0.2, -0.15) is 0 Å². The van der Waals surface area contributed by atoms with Gasteiger partial charge in [0.25, 0.3) is 11.8 Å². The van der Waals surface area contributed by atoms with Crippen LogP contribution in [0.15, 0.2) is 71.2 Å². The number of nitrogens with zero attached hydrogens (tertiary/aromatic N) is 2. The van der Waals surface area contributed by atoms with E-state index in [9.17, 15) is 27.6 Å². The molecule has 1 unspecified atom stereocenters. The zero-order valence-electron chi connectivity index (χ0n) is 31.5. The molecule has 7 rings (SSSR count). The first kappa shape index (κ1) is 38.9. The number of allylic oxidation sites excluding steroid dienone is 1. The van der Waals surface area contributed by atoms with E-state index in [2.05, 4.69) is 20.3 Å². The number of amides is 4. The Bertz CT molecular complexity index is 2330. The molecule has 2 aromatic carbocycles. The molecule has 15 heteroatoms. The van der Waals surface area contributed by atoms with Crippen LogP contribution < -0.4 is 20.1 Å². The Kier molecular flexibility index (Phi) is 10.9. The first-order valence-electron chi connectivity index (χ1n) is 19.2. The number of furan rings is 1. The van der Waals surface area contributed by atoms with Gasteiger partial charge in [-0.05, 0) is 75.6 Å². The number of ether oxygens (including phenoxy) is 1. The molecule has 2 aliphatic heterocycles. The summed E-state index contributed by atoms with van der Waals surface area (Å²) in [5.41, 5.74) is -1.02. The minimum atomic E-state index is -4.05. The summed E-state index contributed by atoms with van der Waals surface area (Å²) >= 11 is 0. The lowest BCUT2D eigenvalue weighted by Crippen LogP contribution is -2.58. The summed E-state index contributed by atoms with van der Waals surface area (Å²) < 4.78 is 55.7. The Morgan fingerprint density at radius 1 is 1.09 bits per heavy atom. The fourth-order valence-corrected chi connectivity index (χ4v) is 8.75. The predicted molar refractivity (Wildman–Crippen MR) is 206 cm³/mol. The quantitative estimate of drug-likeness (QED) is 0.160. The van der Waals surface area contributed by atoms with Crippen LogP contribution in [0.1, 0.15) is 81.5 Å². The van der Waals surface area contributed by atoms with Gasteiger partial charge in [-0.25, -0.2) is 17.8 Å². The number of aryl methyl sites for hydroxylation is 1. The standard InChI is InChI=1S/C41H46FN5O8S/c1-4-25(3)56(52,53)46-40(51)41-22-26(41)13-8-6-5-7-9-18-32(43-37(49)34-20-19-24(2)54-34)39(50)47-23-27(21-33(47)36(48)45-41)55-38-35-29(15-12-16-30(35)42)28-14-10-11-17-31(28)44-38/h8,10-17,19-20,25-27,32-33H,4-7,9,18,21-23H2,1-3H3,(H,43,49)(H,45,48)(H,46,51)/b13-8-/t25?,26-,27-,32+,33+,41-/m1/s1. The summed E-state index contributed by atoms with van der Waals surface area (Å²) in [6.07, 6.45) is 6.26. The molecule has 0 radical (unpaired) electrons. The van der Waals surface area contributed by atoms with Crippen LogP contribution in [0, 0.1) is 18.7 Å². The van der Waals surface area contributed by atoms with Crippen molar-refractivity contribution in [1.82, 2.24) is 25.2 Å². The maximum atomic E-state index is 15.5. The van der Waals surface area contributed by atoms with Gasteiger partial charge in [0.05, 0.1) is 22.7 Å². The number of para-hydroxylation sites is 1. The summed E-state index contributed by atoms with van der Waals surface area (Å²) in [6.45, 7) is 4.77. The summed E-state index contributed by atoms with van der Waals surface area (Å²) in [6, 6.07) is 12.8. The molecule has 3 N–H and O–H groups in total. The van der Waals surface area contributed by atoms with Gasteiger partial charge >= 0.3 is 0 Å². The average Bonchev–Trinajstić information content (AvgIpc) is 3.44. The van der Waals surface area contributed by atoms with E-state index in [0.29, 0.717) is 29.5 Å². The van der Waals surface area contributed by atoms with Crippen LogP contribution in [0.25, 0.3) is 21.7 Å². The van der Waals surface area contributed by atoms with Crippen molar-refractivity contribution in [3.05, 3.63) is 84.1 Å². The van der Waals surface area contributed by atoms with Crippen molar-refractivity contribution in [3.63, 3.8) is 0 Å². The second kappa shape index (κ2) is 15.7. The highest BCUT2D eigenvalue weighted by Gasteiger charge is 2.61. The van der Waals surface area contributed by atoms with E-state index in [1.54, 1.807) is 44.2 Å². The number of hydrogen-bond donors (Lipinski definition) is 3. The highest BCUT2D eigenvalue weighted by molar-refractivity contribution is 7.90. The lowest BCUT2D eigenvalue weighted by atomic mass is 10.0. The second-order valence-corrected chi connectivity index (χ2v) is 17.1. The van der Waals surface area contributed by atoms with Gasteiger partial charge in [0, 0.05) is 17.7 Å². The summed E-state index contributed by atoms with van der Waals surface area (Å²) in [5, 5.41) is 6.26. The van der Waals surface area contributed by atoms with E-state index in [1.165, 1.54) is 24.0 Å². The first-order chi connectivity index (χ1) is 26.8. The fourth-order valence-electron chi connectivity index (χ4n) is 7.66. The summed E-state index contributed by atoms with van der Waals surface area (Å²) in [7, 11) is -4.05. The van der Waals surface area contributed by atoms with E-state index in [1.807, 2.05) is 24.3 Å². The van der Waals surface area contributed by atoms with Crippen molar-refractivity contribution in [3.8, 4) is 5.88 Å². The van der Waals surface area contributed by atoms with Gasteiger partial charge in [0.1, 0.15) is 35.3 Å². The van der Waals surface area contributed by atoms with Crippen LogP contribution in [-0.4, -0.2) is 77.5 Å². The Morgan fingerprint density at radius 2 is 1.88 bits per heavy atom. The average molecular weight is 788 g/mol. The zero-order chi connectivity index (χ0) is 39.8. The first-order valence-corrected chi connectivity index (χ1v) is 20.7. The van der Waals surface area contributed by atoms with E-state index in [0.717, 1.165) is 18.2 Å². The van der Waals surface area contributed by atoms with Crippen LogP contribution in [0.3, 0.4) is 0 Å². The highest BCUT2D eigenvalue weighted by Crippen LogP contribution is 2.46. The number of hydrogen-bond acceptors (Lipinski definition) is 9. The molecule has 0 spiro atoms. The number of pyridine rings is 1.